The number of benzene rings is 1. The summed E-state index contributed by atoms with van der Waals surface area (Å²) in [6, 6.07) is 10.4. The van der Waals surface area contributed by atoms with Gasteiger partial charge in [0.1, 0.15) is 18.2 Å². The second-order valence-electron chi connectivity index (χ2n) is 6.07. The quantitative estimate of drug-likeness (QED) is 0.590. The number of nitrogens with zero attached hydrogens (tertiary/aromatic N) is 2. The van der Waals surface area contributed by atoms with Crippen molar-refractivity contribution in [3.8, 4) is 0 Å². The number of carbonyl (C=O) groups is 3. The van der Waals surface area contributed by atoms with Crippen molar-refractivity contribution >= 4 is 29.2 Å². The van der Waals surface area contributed by atoms with Gasteiger partial charge in [0.15, 0.2) is 0 Å². The van der Waals surface area contributed by atoms with Gasteiger partial charge in [0, 0.05) is 38.4 Å². The van der Waals surface area contributed by atoms with Crippen molar-refractivity contribution in [1.82, 2.24) is 10.3 Å². The molecular formula is C20H23FN4O4. The summed E-state index contributed by atoms with van der Waals surface area (Å²) in [6.45, 7) is 0.314. The molecule has 0 spiro atoms. The predicted molar refractivity (Wildman–Crippen MR) is 106 cm³/mol. The number of methoxy groups -OCH3 is 1. The molecule has 0 aliphatic rings. The molecule has 1 aromatic carbocycles. The maximum Gasteiger partial charge on any atom is 0.240 e. The van der Waals surface area contributed by atoms with E-state index in [-0.39, 0.29) is 37.5 Å². The van der Waals surface area contributed by atoms with E-state index < -0.39 is 17.6 Å². The molecule has 0 saturated carbocycles. The zero-order valence-corrected chi connectivity index (χ0v) is 16.1. The molecule has 154 valence electrons. The van der Waals surface area contributed by atoms with Gasteiger partial charge >= 0.3 is 0 Å². The van der Waals surface area contributed by atoms with Gasteiger partial charge in [0.2, 0.25) is 17.7 Å². The molecule has 0 aliphatic heterocycles. The highest BCUT2D eigenvalue weighted by molar-refractivity contribution is 6.01. The second-order valence-corrected chi connectivity index (χ2v) is 6.07. The van der Waals surface area contributed by atoms with Gasteiger partial charge in [-0.3, -0.25) is 14.4 Å². The van der Waals surface area contributed by atoms with Crippen LogP contribution in [0.5, 0.6) is 0 Å². The minimum atomic E-state index is -0.534. The number of ether oxygens (including phenoxy) is 1. The molecule has 2 N–H and O–H groups in total. The Morgan fingerprint density at radius 2 is 1.93 bits per heavy atom. The number of halogens is 1. The summed E-state index contributed by atoms with van der Waals surface area (Å²) < 4.78 is 18.5. The van der Waals surface area contributed by atoms with Crippen molar-refractivity contribution in [2.75, 3.05) is 37.0 Å². The van der Waals surface area contributed by atoms with Gasteiger partial charge in [-0.15, -0.1) is 0 Å². The molecule has 0 atom stereocenters. The highest BCUT2D eigenvalue weighted by atomic mass is 19.1. The van der Waals surface area contributed by atoms with Crippen molar-refractivity contribution in [3.63, 3.8) is 0 Å². The van der Waals surface area contributed by atoms with E-state index in [2.05, 4.69) is 15.6 Å². The predicted octanol–water partition coefficient (Wildman–Crippen LogP) is 1.74. The number of anilines is 2. The van der Waals surface area contributed by atoms with Gasteiger partial charge in [-0.25, -0.2) is 9.37 Å². The van der Waals surface area contributed by atoms with E-state index >= 15 is 0 Å². The summed E-state index contributed by atoms with van der Waals surface area (Å²) in [5.74, 6) is -1.44. The van der Waals surface area contributed by atoms with Gasteiger partial charge in [0.25, 0.3) is 0 Å². The van der Waals surface area contributed by atoms with Crippen LogP contribution in [-0.4, -0.2) is 49.5 Å². The highest BCUT2D eigenvalue weighted by Crippen LogP contribution is 2.17. The minimum Gasteiger partial charge on any atom is -0.383 e. The maximum atomic E-state index is 13.6. The van der Waals surface area contributed by atoms with Crippen LogP contribution in [0.4, 0.5) is 15.9 Å². The number of pyridine rings is 1. The van der Waals surface area contributed by atoms with Gasteiger partial charge in [-0.2, -0.15) is 0 Å². The topological polar surface area (TPSA) is 101 Å². The van der Waals surface area contributed by atoms with Crippen LogP contribution in [-0.2, 0) is 19.1 Å². The van der Waals surface area contributed by atoms with Crippen molar-refractivity contribution in [2.45, 2.75) is 12.8 Å². The molecule has 9 heteroatoms. The molecule has 0 aliphatic carbocycles. The summed E-state index contributed by atoms with van der Waals surface area (Å²) in [7, 11) is 1.50. The van der Waals surface area contributed by atoms with Crippen LogP contribution in [0, 0.1) is 5.82 Å². The molecule has 1 aromatic heterocycles. The molecule has 0 unspecified atom stereocenters. The third-order valence-corrected chi connectivity index (χ3v) is 3.85. The Balaban J connectivity index is 2.00. The van der Waals surface area contributed by atoms with Crippen molar-refractivity contribution < 1.29 is 23.5 Å². The van der Waals surface area contributed by atoms with Gasteiger partial charge in [0.05, 0.1) is 6.61 Å². The largest absolute Gasteiger partial charge is 0.383 e. The lowest BCUT2D eigenvalue weighted by atomic mass is 10.2. The number of carbonyl (C=O) groups excluding carboxylic acids is 3. The molecule has 8 nitrogen and oxygen atoms in total. The Hall–Kier alpha value is -3.33. The normalized spacial score (nSPS) is 10.3. The molecule has 0 bridgehead atoms. The first-order chi connectivity index (χ1) is 14.0. The van der Waals surface area contributed by atoms with E-state index in [0.717, 1.165) is 11.0 Å². The molecule has 3 amide bonds. The number of hydrogen-bond acceptors (Lipinski definition) is 5. The van der Waals surface area contributed by atoms with Crippen LogP contribution >= 0.6 is 0 Å². The van der Waals surface area contributed by atoms with E-state index in [4.69, 9.17) is 4.74 Å². The standard InChI is InChI=1S/C20H23FN4O4/c1-29-12-11-23-19(27)14-25(16-6-4-5-15(21)13-16)20(28)9-8-18(26)24-17-7-2-3-10-22-17/h2-7,10,13H,8-9,11-12,14H2,1H3,(H,23,27)(H,22,24,26). The first-order valence-electron chi connectivity index (χ1n) is 9.02. The molecule has 2 rings (SSSR count). The van der Waals surface area contributed by atoms with Crippen LogP contribution in [0.25, 0.3) is 0 Å². The summed E-state index contributed by atoms with van der Waals surface area (Å²) in [6.07, 6.45) is 1.28. The Bertz CT molecular complexity index is 832. The monoisotopic (exact) mass is 402 g/mol. The van der Waals surface area contributed by atoms with E-state index in [0.29, 0.717) is 12.4 Å². The summed E-state index contributed by atoms with van der Waals surface area (Å²) in [5.41, 5.74) is 0.238. The lowest BCUT2D eigenvalue weighted by Crippen LogP contribution is -2.42. The first kappa shape index (κ1) is 22.0. The Labute approximate surface area is 168 Å². The molecule has 2 aromatic rings. The lowest BCUT2D eigenvalue weighted by molar-refractivity contribution is -0.125. The third kappa shape index (κ3) is 7.67. The molecular weight excluding hydrogens is 379 g/mol. The van der Waals surface area contributed by atoms with Crippen LogP contribution < -0.4 is 15.5 Å². The lowest BCUT2D eigenvalue weighted by Gasteiger charge is -2.22. The fourth-order valence-electron chi connectivity index (χ4n) is 2.46. The van der Waals surface area contributed by atoms with E-state index in [1.807, 2.05) is 0 Å². The van der Waals surface area contributed by atoms with Crippen molar-refractivity contribution in [1.29, 1.82) is 0 Å². The summed E-state index contributed by atoms with van der Waals surface area (Å²) >= 11 is 0. The summed E-state index contributed by atoms with van der Waals surface area (Å²) in [4.78, 5) is 42.0. The number of aromatic nitrogens is 1. The fraction of sp³-hybridized carbons (Fsp3) is 0.300. The highest BCUT2D eigenvalue weighted by Gasteiger charge is 2.20. The smallest absolute Gasteiger partial charge is 0.240 e. The zero-order valence-electron chi connectivity index (χ0n) is 16.1. The van der Waals surface area contributed by atoms with E-state index in [9.17, 15) is 18.8 Å². The van der Waals surface area contributed by atoms with E-state index in [1.165, 1.54) is 31.5 Å². The van der Waals surface area contributed by atoms with Crippen LogP contribution in [0.2, 0.25) is 0 Å². The number of nitrogens with one attached hydrogen (secondary N) is 2. The second kappa shape index (κ2) is 11.5. The van der Waals surface area contributed by atoms with Gasteiger partial charge in [-0.05, 0) is 30.3 Å². The first-order valence-corrected chi connectivity index (χ1v) is 9.02. The maximum absolute atomic E-state index is 13.6. The van der Waals surface area contributed by atoms with Gasteiger partial charge in [-0.1, -0.05) is 12.1 Å². The molecule has 1 heterocycles. The average molecular weight is 402 g/mol. The van der Waals surface area contributed by atoms with Crippen molar-refractivity contribution in [3.05, 3.63) is 54.5 Å². The van der Waals surface area contributed by atoms with Crippen LogP contribution in [0.15, 0.2) is 48.7 Å². The molecule has 0 radical (unpaired) electrons. The Kier molecular flexibility index (Phi) is 8.71. The van der Waals surface area contributed by atoms with Crippen LogP contribution in [0.3, 0.4) is 0 Å². The van der Waals surface area contributed by atoms with Gasteiger partial charge < -0.3 is 20.3 Å². The average Bonchev–Trinajstić information content (AvgIpc) is 2.71. The van der Waals surface area contributed by atoms with E-state index in [1.54, 1.807) is 18.2 Å². The van der Waals surface area contributed by atoms with Crippen molar-refractivity contribution in [2.24, 2.45) is 0 Å². The zero-order chi connectivity index (χ0) is 21.1. The number of rotatable bonds is 10. The minimum absolute atomic E-state index is 0.105. The fourth-order valence-corrected chi connectivity index (χ4v) is 2.46. The number of amides is 3. The third-order valence-electron chi connectivity index (χ3n) is 3.85. The molecule has 0 saturated heterocycles. The SMILES string of the molecule is COCCNC(=O)CN(C(=O)CCC(=O)Nc1ccccn1)c1cccc(F)c1. The van der Waals surface area contributed by atoms with Crippen LogP contribution in [0.1, 0.15) is 12.8 Å². The summed E-state index contributed by atoms with van der Waals surface area (Å²) in [5, 5.41) is 5.20. The molecule has 0 fully saturated rings. The Morgan fingerprint density at radius 1 is 1.10 bits per heavy atom. The Morgan fingerprint density at radius 3 is 2.62 bits per heavy atom. The number of hydrogen-bond donors (Lipinski definition) is 2. The molecule has 29 heavy (non-hydrogen) atoms.